The molecule has 0 aliphatic rings. The second-order valence-electron chi connectivity index (χ2n) is 7.29. The van der Waals surface area contributed by atoms with Crippen LogP contribution in [0.25, 0.3) is 6.08 Å². The van der Waals surface area contributed by atoms with Crippen LogP contribution >= 0.6 is 27.5 Å². The molecule has 0 radical (unpaired) electrons. The van der Waals surface area contributed by atoms with E-state index in [2.05, 4.69) is 21.2 Å². The van der Waals surface area contributed by atoms with Crippen LogP contribution in [0.1, 0.15) is 22.3 Å². The van der Waals surface area contributed by atoms with Gasteiger partial charge in [-0.1, -0.05) is 53.6 Å². The highest BCUT2D eigenvalue weighted by Crippen LogP contribution is 2.35. The van der Waals surface area contributed by atoms with Crippen LogP contribution in [0, 0.1) is 18.3 Å². The molecule has 3 aromatic carbocycles. The van der Waals surface area contributed by atoms with Gasteiger partial charge in [-0.15, -0.1) is 0 Å². The first-order chi connectivity index (χ1) is 15.9. The van der Waals surface area contributed by atoms with Crippen molar-refractivity contribution in [3.8, 4) is 17.6 Å². The Morgan fingerprint density at radius 2 is 1.79 bits per heavy atom. The Kier molecular flexibility index (Phi) is 8.53. The van der Waals surface area contributed by atoms with E-state index < -0.39 is 5.91 Å². The van der Waals surface area contributed by atoms with Crippen molar-refractivity contribution in [1.82, 2.24) is 5.32 Å². The van der Waals surface area contributed by atoms with Gasteiger partial charge in [0.25, 0.3) is 5.91 Å². The number of aryl methyl sites for hydroxylation is 1. The van der Waals surface area contributed by atoms with E-state index in [-0.39, 0.29) is 12.1 Å². The molecule has 0 aliphatic heterocycles. The zero-order chi connectivity index (χ0) is 23.8. The standard InChI is InChI=1S/C26H22BrClN2O3/c1-17-3-5-19(6-4-17)16-33-25-23(27)12-20(13-24(25)28)11-21(14-29)26(31)30-15-18-7-9-22(32-2)10-8-18/h3-13H,15-16H2,1-2H3,(H,30,31)/b21-11-. The van der Waals surface area contributed by atoms with Crippen LogP contribution in [-0.4, -0.2) is 13.0 Å². The number of halogens is 2. The summed E-state index contributed by atoms with van der Waals surface area (Å²) < 4.78 is 11.6. The zero-order valence-corrected chi connectivity index (χ0v) is 20.5. The summed E-state index contributed by atoms with van der Waals surface area (Å²) >= 11 is 9.89. The van der Waals surface area contributed by atoms with Crippen LogP contribution in [0.4, 0.5) is 0 Å². The van der Waals surface area contributed by atoms with E-state index in [1.807, 2.05) is 61.5 Å². The number of benzene rings is 3. The van der Waals surface area contributed by atoms with Gasteiger partial charge in [-0.25, -0.2) is 0 Å². The van der Waals surface area contributed by atoms with Crippen molar-refractivity contribution in [2.24, 2.45) is 0 Å². The quantitative estimate of drug-likeness (QED) is 0.280. The van der Waals surface area contributed by atoms with Crippen molar-refractivity contribution in [1.29, 1.82) is 5.26 Å². The van der Waals surface area contributed by atoms with Crippen LogP contribution < -0.4 is 14.8 Å². The van der Waals surface area contributed by atoms with E-state index in [1.54, 1.807) is 19.2 Å². The first-order valence-electron chi connectivity index (χ1n) is 10.1. The Morgan fingerprint density at radius 3 is 2.39 bits per heavy atom. The highest BCUT2D eigenvalue weighted by atomic mass is 79.9. The molecule has 33 heavy (non-hydrogen) atoms. The molecule has 168 valence electrons. The third kappa shape index (κ3) is 6.85. The Morgan fingerprint density at radius 1 is 1.12 bits per heavy atom. The van der Waals surface area contributed by atoms with Crippen LogP contribution in [0.5, 0.6) is 11.5 Å². The zero-order valence-electron chi connectivity index (χ0n) is 18.2. The first kappa shape index (κ1) is 24.4. The molecule has 0 aromatic heterocycles. The lowest BCUT2D eigenvalue weighted by Gasteiger charge is -2.12. The fraction of sp³-hybridized carbons (Fsp3) is 0.154. The monoisotopic (exact) mass is 524 g/mol. The third-order valence-corrected chi connectivity index (χ3v) is 5.68. The predicted molar refractivity (Wildman–Crippen MR) is 133 cm³/mol. The Hall–Kier alpha value is -3.27. The summed E-state index contributed by atoms with van der Waals surface area (Å²) in [4.78, 5) is 12.5. The average Bonchev–Trinajstić information content (AvgIpc) is 2.82. The van der Waals surface area contributed by atoms with Gasteiger partial charge < -0.3 is 14.8 Å². The fourth-order valence-corrected chi connectivity index (χ4v) is 3.97. The van der Waals surface area contributed by atoms with Crippen LogP contribution in [0.15, 0.2) is 70.7 Å². The largest absolute Gasteiger partial charge is 0.497 e. The van der Waals surface area contributed by atoms with Gasteiger partial charge in [-0.2, -0.15) is 5.26 Å². The number of carbonyl (C=O) groups excluding carboxylic acids is 1. The predicted octanol–water partition coefficient (Wildman–Crippen LogP) is 6.22. The number of ether oxygens (including phenoxy) is 2. The van der Waals surface area contributed by atoms with Crippen molar-refractivity contribution in [2.75, 3.05) is 7.11 Å². The van der Waals surface area contributed by atoms with Crippen LogP contribution in [0.2, 0.25) is 5.02 Å². The number of nitriles is 1. The average molecular weight is 526 g/mol. The lowest BCUT2D eigenvalue weighted by Crippen LogP contribution is -2.23. The summed E-state index contributed by atoms with van der Waals surface area (Å²) in [6, 6.07) is 20.7. The molecule has 0 fully saturated rings. The Labute approximate surface area is 206 Å². The molecular formula is C26H22BrClN2O3. The molecule has 3 aromatic rings. The molecule has 0 aliphatic carbocycles. The second-order valence-corrected chi connectivity index (χ2v) is 8.55. The molecule has 1 N–H and O–H groups in total. The highest BCUT2D eigenvalue weighted by Gasteiger charge is 2.13. The smallest absolute Gasteiger partial charge is 0.262 e. The van der Waals surface area contributed by atoms with E-state index in [0.29, 0.717) is 27.4 Å². The molecule has 0 heterocycles. The number of nitrogens with zero attached hydrogens (tertiary/aromatic N) is 1. The maximum atomic E-state index is 12.5. The minimum absolute atomic E-state index is 0.0280. The number of nitrogens with one attached hydrogen (secondary N) is 1. The lowest BCUT2D eigenvalue weighted by atomic mass is 10.1. The number of hydrogen-bond acceptors (Lipinski definition) is 4. The van der Waals surface area contributed by atoms with Gasteiger partial charge in [0, 0.05) is 6.54 Å². The Balaban J connectivity index is 1.68. The summed E-state index contributed by atoms with van der Waals surface area (Å²) in [7, 11) is 1.59. The van der Waals surface area contributed by atoms with E-state index in [4.69, 9.17) is 21.1 Å². The van der Waals surface area contributed by atoms with Gasteiger partial charge in [0.05, 0.1) is 16.6 Å². The molecule has 7 heteroatoms. The number of rotatable bonds is 8. The van der Waals surface area contributed by atoms with E-state index in [1.165, 1.54) is 11.6 Å². The van der Waals surface area contributed by atoms with E-state index >= 15 is 0 Å². The molecule has 0 spiro atoms. The molecule has 5 nitrogen and oxygen atoms in total. The second kappa shape index (κ2) is 11.6. The molecule has 0 saturated heterocycles. The Bertz CT molecular complexity index is 1180. The molecule has 0 bridgehead atoms. The first-order valence-corrected chi connectivity index (χ1v) is 11.3. The topological polar surface area (TPSA) is 71.3 Å². The minimum Gasteiger partial charge on any atom is -0.497 e. The molecule has 1 amide bonds. The molecule has 0 saturated carbocycles. The van der Waals surface area contributed by atoms with Crippen LogP contribution in [-0.2, 0) is 17.9 Å². The fourth-order valence-electron chi connectivity index (χ4n) is 2.98. The van der Waals surface area contributed by atoms with Gasteiger partial charge in [-0.3, -0.25) is 4.79 Å². The molecule has 0 atom stereocenters. The number of methoxy groups -OCH3 is 1. The number of carbonyl (C=O) groups is 1. The normalized spacial score (nSPS) is 10.9. The van der Waals surface area contributed by atoms with E-state index in [9.17, 15) is 10.1 Å². The highest BCUT2D eigenvalue weighted by molar-refractivity contribution is 9.10. The van der Waals surface area contributed by atoms with Gasteiger partial charge in [0.2, 0.25) is 0 Å². The summed E-state index contributed by atoms with van der Waals surface area (Å²) in [6.45, 7) is 2.68. The van der Waals surface area contributed by atoms with Gasteiger partial charge in [0.1, 0.15) is 24.0 Å². The summed E-state index contributed by atoms with van der Waals surface area (Å²) in [5, 5.41) is 12.6. The van der Waals surface area contributed by atoms with Crippen molar-refractivity contribution in [3.63, 3.8) is 0 Å². The van der Waals surface area contributed by atoms with E-state index in [0.717, 1.165) is 16.9 Å². The van der Waals surface area contributed by atoms with Crippen molar-refractivity contribution in [3.05, 3.63) is 98.0 Å². The third-order valence-electron chi connectivity index (χ3n) is 4.81. The maximum Gasteiger partial charge on any atom is 0.262 e. The van der Waals surface area contributed by atoms with Gasteiger partial charge in [-0.05, 0) is 69.9 Å². The molecule has 0 unspecified atom stereocenters. The number of hydrogen-bond donors (Lipinski definition) is 1. The van der Waals surface area contributed by atoms with Crippen LogP contribution in [0.3, 0.4) is 0 Å². The van der Waals surface area contributed by atoms with Crippen molar-refractivity contribution >= 4 is 39.5 Å². The molecule has 3 rings (SSSR count). The maximum absolute atomic E-state index is 12.5. The van der Waals surface area contributed by atoms with Gasteiger partial charge >= 0.3 is 0 Å². The lowest BCUT2D eigenvalue weighted by molar-refractivity contribution is -0.117. The summed E-state index contributed by atoms with van der Waals surface area (Å²) in [5.74, 6) is 0.758. The summed E-state index contributed by atoms with van der Waals surface area (Å²) in [5.41, 5.74) is 3.66. The molecular weight excluding hydrogens is 504 g/mol. The minimum atomic E-state index is -0.472. The number of amides is 1. The van der Waals surface area contributed by atoms with Crippen molar-refractivity contribution in [2.45, 2.75) is 20.1 Å². The summed E-state index contributed by atoms with van der Waals surface area (Å²) in [6.07, 6.45) is 1.49. The van der Waals surface area contributed by atoms with Crippen molar-refractivity contribution < 1.29 is 14.3 Å². The SMILES string of the molecule is COc1ccc(CNC(=O)/C(C#N)=C\c2cc(Cl)c(OCc3ccc(C)cc3)c(Br)c2)cc1. The van der Waals surface area contributed by atoms with Gasteiger partial charge in [0.15, 0.2) is 5.75 Å².